The Morgan fingerprint density at radius 3 is 2.14 bits per heavy atom. The highest BCUT2D eigenvalue weighted by atomic mass is 35.5. The Balaban J connectivity index is 1.70. The molecule has 0 aliphatic carbocycles. The summed E-state index contributed by atoms with van der Waals surface area (Å²) in [7, 11) is 0. The molecule has 7 nitrogen and oxygen atoms in total. The maximum Gasteiger partial charge on any atom is 0.276 e. The quantitative estimate of drug-likeness (QED) is 0.602. The van der Waals surface area contributed by atoms with Gasteiger partial charge in [0.15, 0.2) is 6.61 Å². The zero-order valence-corrected chi connectivity index (χ0v) is 17.4. The van der Waals surface area contributed by atoms with Crippen LogP contribution in [0.25, 0.3) is 0 Å². The smallest absolute Gasteiger partial charge is 0.276 e. The van der Waals surface area contributed by atoms with Crippen LogP contribution in [0.4, 0.5) is 5.69 Å². The van der Waals surface area contributed by atoms with E-state index in [2.05, 4.69) is 16.2 Å². The molecule has 2 aromatic rings. The number of rotatable bonds is 7. The van der Waals surface area contributed by atoms with E-state index in [0.717, 1.165) is 16.7 Å². The molecule has 0 saturated carbocycles. The molecule has 0 radical (unpaired) electrons. The zero-order valence-electron chi connectivity index (χ0n) is 16.6. The number of carbonyl (C=O) groups excluding carboxylic acids is 3. The molecule has 0 saturated heterocycles. The van der Waals surface area contributed by atoms with Crippen molar-refractivity contribution in [2.24, 2.45) is 0 Å². The van der Waals surface area contributed by atoms with Crippen molar-refractivity contribution in [2.75, 3.05) is 11.9 Å². The third-order valence-electron chi connectivity index (χ3n) is 4.22. The molecule has 0 heterocycles. The molecular formula is C21H24ClN3O4. The minimum absolute atomic E-state index is 0.0352. The van der Waals surface area contributed by atoms with Gasteiger partial charge in [0.25, 0.3) is 5.91 Å². The first-order valence-corrected chi connectivity index (χ1v) is 9.47. The number of hydrazine groups is 1. The molecule has 2 rings (SSSR count). The van der Waals surface area contributed by atoms with Gasteiger partial charge in [-0.1, -0.05) is 35.9 Å². The third-order valence-corrected chi connectivity index (χ3v) is 4.63. The summed E-state index contributed by atoms with van der Waals surface area (Å²) in [6.45, 7) is 5.33. The van der Waals surface area contributed by atoms with Gasteiger partial charge in [-0.05, 0) is 49.6 Å². The number of hydrogen-bond donors (Lipinski definition) is 3. The summed E-state index contributed by atoms with van der Waals surface area (Å²) in [5.74, 6) is -0.666. The van der Waals surface area contributed by atoms with Crippen LogP contribution < -0.4 is 20.9 Å². The topological polar surface area (TPSA) is 96.5 Å². The predicted octanol–water partition coefficient (Wildman–Crippen LogP) is 3.21. The van der Waals surface area contributed by atoms with Gasteiger partial charge in [0.2, 0.25) is 11.8 Å². The first-order chi connectivity index (χ1) is 13.8. The van der Waals surface area contributed by atoms with Crippen molar-refractivity contribution in [3.05, 3.63) is 58.1 Å². The highest BCUT2D eigenvalue weighted by molar-refractivity contribution is 6.31. The molecule has 154 valence electrons. The second-order valence-corrected chi connectivity index (χ2v) is 6.97. The summed E-state index contributed by atoms with van der Waals surface area (Å²) in [6, 6.07) is 10.9. The lowest BCUT2D eigenvalue weighted by molar-refractivity contribution is -0.130. The highest BCUT2D eigenvalue weighted by Gasteiger charge is 2.11. The number of halogens is 1. The lowest BCUT2D eigenvalue weighted by atomic mass is 10.1. The third kappa shape index (κ3) is 6.80. The normalized spacial score (nSPS) is 10.2. The molecule has 0 atom stereocenters. The summed E-state index contributed by atoms with van der Waals surface area (Å²) >= 11 is 6.01. The number of benzene rings is 2. The van der Waals surface area contributed by atoms with E-state index in [9.17, 15) is 14.4 Å². The van der Waals surface area contributed by atoms with Gasteiger partial charge in [-0.2, -0.15) is 0 Å². The maximum absolute atomic E-state index is 12.0. The van der Waals surface area contributed by atoms with E-state index < -0.39 is 11.8 Å². The molecule has 2 aromatic carbocycles. The number of ether oxygens (including phenoxy) is 1. The molecule has 0 aromatic heterocycles. The van der Waals surface area contributed by atoms with Gasteiger partial charge in [0.1, 0.15) is 5.75 Å². The predicted molar refractivity (Wildman–Crippen MR) is 112 cm³/mol. The average molecular weight is 418 g/mol. The largest absolute Gasteiger partial charge is 0.483 e. The minimum atomic E-state index is -0.500. The number of nitrogens with one attached hydrogen (secondary N) is 3. The fourth-order valence-corrected chi connectivity index (χ4v) is 2.76. The van der Waals surface area contributed by atoms with Crippen LogP contribution in [-0.2, 0) is 14.4 Å². The van der Waals surface area contributed by atoms with E-state index in [0.29, 0.717) is 16.5 Å². The Morgan fingerprint density at radius 2 is 1.45 bits per heavy atom. The fraction of sp³-hybridized carbons (Fsp3) is 0.286. The van der Waals surface area contributed by atoms with E-state index in [4.69, 9.17) is 16.3 Å². The summed E-state index contributed by atoms with van der Waals surface area (Å²) in [4.78, 5) is 35.7. The van der Waals surface area contributed by atoms with Gasteiger partial charge < -0.3 is 10.1 Å². The summed E-state index contributed by atoms with van der Waals surface area (Å²) in [5.41, 5.74) is 7.73. The number of amides is 3. The number of hydrogen-bond acceptors (Lipinski definition) is 4. The van der Waals surface area contributed by atoms with E-state index in [-0.39, 0.29) is 25.4 Å². The van der Waals surface area contributed by atoms with Gasteiger partial charge in [-0.15, -0.1) is 0 Å². The summed E-state index contributed by atoms with van der Waals surface area (Å²) in [5, 5.41) is 3.26. The zero-order chi connectivity index (χ0) is 21.4. The van der Waals surface area contributed by atoms with Crippen molar-refractivity contribution in [1.82, 2.24) is 10.9 Å². The SMILES string of the molecule is Cc1cccc(C)c1OCC(=O)NNC(=O)CCC(=O)Nc1cccc(Cl)c1C. The molecule has 0 fully saturated rings. The lowest BCUT2D eigenvalue weighted by Gasteiger charge is -2.12. The first kappa shape index (κ1) is 22.2. The van der Waals surface area contributed by atoms with Crippen molar-refractivity contribution in [3.63, 3.8) is 0 Å². The number of carbonyl (C=O) groups is 3. The Hall–Kier alpha value is -3.06. The number of anilines is 1. The number of aryl methyl sites for hydroxylation is 2. The molecule has 8 heteroatoms. The standard InChI is InChI=1S/C21H24ClN3O4/c1-13-6-4-7-14(2)21(13)29-12-20(28)25-24-19(27)11-10-18(26)23-17-9-5-8-16(22)15(17)3/h4-9H,10-12H2,1-3H3,(H,23,26)(H,24,27)(H,25,28). The average Bonchev–Trinajstić information content (AvgIpc) is 2.68. The van der Waals surface area contributed by atoms with Crippen LogP contribution in [0.2, 0.25) is 5.02 Å². The van der Waals surface area contributed by atoms with E-state index in [1.54, 1.807) is 25.1 Å². The molecule has 0 bridgehead atoms. The Kier molecular flexibility index (Phi) is 8.03. The molecule has 0 unspecified atom stereocenters. The maximum atomic E-state index is 12.0. The molecule has 0 aliphatic rings. The van der Waals surface area contributed by atoms with E-state index in [1.165, 1.54) is 0 Å². The van der Waals surface area contributed by atoms with Gasteiger partial charge in [0, 0.05) is 23.6 Å². The fourth-order valence-electron chi connectivity index (χ4n) is 2.59. The van der Waals surface area contributed by atoms with E-state index in [1.807, 2.05) is 32.0 Å². The van der Waals surface area contributed by atoms with Crippen molar-refractivity contribution in [1.29, 1.82) is 0 Å². The Morgan fingerprint density at radius 1 is 0.862 bits per heavy atom. The van der Waals surface area contributed by atoms with E-state index >= 15 is 0 Å². The molecular weight excluding hydrogens is 394 g/mol. The van der Waals surface area contributed by atoms with Crippen molar-refractivity contribution in [2.45, 2.75) is 33.6 Å². The molecule has 29 heavy (non-hydrogen) atoms. The number of para-hydroxylation sites is 1. The van der Waals surface area contributed by atoms with Gasteiger partial charge in [-0.3, -0.25) is 25.2 Å². The van der Waals surface area contributed by atoms with Gasteiger partial charge in [0.05, 0.1) is 0 Å². The molecule has 0 aliphatic heterocycles. The van der Waals surface area contributed by atoms with Crippen molar-refractivity contribution < 1.29 is 19.1 Å². The second-order valence-electron chi connectivity index (χ2n) is 6.57. The Bertz CT molecular complexity index is 895. The molecule has 3 N–H and O–H groups in total. The van der Waals surface area contributed by atoms with Crippen LogP contribution in [0, 0.1) is 20.8 Å². The highest BCUT2D eigenvalue weighted by Crippen LogP contribution is 2.23. The Labute approximate surface area is 174 Å². The minimum Gasteiger partial charge on any atom is -0.483 e. The van der Waals surface area contributed by atoms with Crippen LogP contribution in [0.5, 0.6) is 5.75 Å². The molecule has 0 spiro atoms. The van der Waals surface area contributed by atoms with Crippen LogP contribution in [0.15, 0.2) is 36.4 Å². The van der Waals surface area contributed by atoms with Crippen molar-refractivity contribution in [3.8, 4) is 5.75 Å². The monoisotopic (exact) mass is 417 g/mol. The lowest BCUT2D eigenvalue weighted by Crippen LogP contribution is -2.44. The van der Waals surface area contributed by atoms with Crippen LogP contribution in [0.3, 0.4) is 0 Å². The molecule has 3 amide bonds. The second kappa shape index (κ2) is 10.5. The van der Waals surface area contributed by atoms with Gasteiger partial charge in [-0.25, -0.2) is 0 Å². The van der Waals surface area contributed by atoms with Crippen LogP contribution >= 0.6 is 11.6 Å². The van der Waals surface area contributed by atoms with Crippen molar-refractivity contribution >= 4 is 35.0 Å². The van der Waals surface area contributed by atoms with Crippen LogP contribution in [-0.4, -0.2) is 24.3 Å². The first-order valence-electron chi connectivity index (χ1n) is 9.09. The van der Waals surface area contributed by atoms with Crippen LogP contribution in [0.1, 0.15) is 29.5 Å². The van der Waals surface area contributed by atoms with Gasteiger partial charge >= 0.3 is 0 Å². The summed E-state index contributed by atoms with van der Waals surface area (Å²) < 4.78 is 5.51. The summed E-state index contributed by atoms with van der Waals surface area (Å²) in [6.07, 6.45) is -0.115.